The fourth-order valence-electron chi connectivity index (χ4n) is 15.8. The first kappa shape index (κ1) is 55.6. The van der Waals surface area contributed by atoms with Crippen molar-refractivity contribution < 1.29 is 0 Å². The molecule has 0 unspecified atom stereocenters. The molecule has 16 aromatic rings. The van der Waals surface area contributed by atoms with Crippen molar-refractivity contribution in [1.29, 1.82) is 0 Å². The molecule has 94 heavy (non-hydrogen) atoms. The average molecular weight is 1200 g/mol. The molecule has 0 bridgehead atoms. The second-order valence-electron chi connectivity index (χ2n) is 28.0. The third-order valence-electron chi connectivity index (χ3n) is 20.4. The molecule has 18 rings (SSSR count). The fraction of sp³-hybridized carbons (Fsp3) is 0.0889. The molecular weight excluding hydrogens is 1130 g/mol. The number of aromatic nitrogens is 1. The highest BCUT2D eigenvalue weighted by Gasteiger charge is 2.46. The van der Waals surface area contributed by atoms with Crippen LogP contribution >= 0.6 is 0 Å². The molecule has 1 aromatic heterocycles. The van der Waals surface area contributed by atoms with E-state index >= 15 is 0 Å². The summed E-state index contributed by atoms with van der Waals surface area (Å²) >= 11 is 0. The third-order valence-corrected chi connectivity index (χ3v) is 20.4. The number of rotatable bonds is 8. The summed E-state index contributed by atoms with van der Waals surface area (Å²) in [6, 6.07) is 115. The summed E-state index contributed by atoms with van der Waals surface area (Å²) in [5.41, 5.74) is 28.1. The second-order valence-corrected chi connectivity index (χ2v) is 28.0. The number of nitrogens with zero attached hydrogens (tertiary/aromatic N) is 3. The molecule has 3 heterocycles. The van der Waals surface area contributed by atoms with Crippen molar-refractivity contribution in [3.8, 4) is 61.3 Å². The van der Waals surface area contributed by atoms with Crippen LogP contribution in [0.4, 0.5) is 34.1 Å². The van der Waals surface area contributed by atoms with Gasteiger partial charge < -0.3 is 14.4 Å². The van der Waals surface area contributed by atoms with Crippen LogP contribution in [0.3, 0.4) is 0 Å². The van der Waals surface area contributed by atoms with Crippen LogP contribution in [0, 0.1) is 0 Å². The van der Waals surface area contributed by atoms with Crippen molar-refractivity contribution >= 4 is 111 Å². The SMILES string of the molecule is CC(C)(C)c1cc2c3c(c1)N(c1c(-c4ccccc4)cccc1-c1ccccc1)c1cc(-n4c5ccccc5c5ccccc54)ccc1B3c1ccc(-c3cc4ccc5cc(C(C)(C)C)cc6ccc(c3)c4c56)cc1N2c1c(-c2ccccc2)cccc1-c1ccccc1. The lowest BCUT2D eigenvalue weighted by atomic mass is 9.33. The Balaban J connectivity index is 0.977. The molecule has 2 aliphatic heterocycles. The molecule has 15 aromatic carbocycles. The predicted molar refractivity (Wildman–Crippen MR) is 403 cm³/mol. The van der Waals surface area contributed by atoms with E-state index in [9.17, 15) is 0 Å². The van der Waals surface area contributed by atoms with E-state index < -0.39 is 0 Å². The summed E-state index contributed by atoms with van der Waals surface area (Å²) in [5.74, 6) is 0. The minimum absolute atomic E-state index is 0.0347. The topological polar surface area (TPSA) is 11.4 Å². The van der Waals surface area contributed by atoms with E-state index in [1.807, 2.05) is 0 Å². The maximum atomic E-state index is 2.70. The minimum Gasteiger partial charge on any atom is -0.310 e. The highest BCUT2D eigenvalue weighted by atomic mass is 15.2. The summed E-state index contributed by atoms with van der Waals surface area (Å²) in [5, 5.41) is 10.2. The van der Waals surface area contributed by atoms with Gasteiger partial charge in [-0.15, -0.1) is 0 Å². The maximum absolute atomic E-state index is 2.70. The standard InChI is InChI=1S/C90H68BN3/c1-89(2,3)67-51-64-43-41-62-49-66(50-63-42-44-65(52-67)85(64)84(62)63)61-45-47-76-80(53-61)93(87-70(57-25-11-7-12-26-57)35-23-36-71(87)58-27-13-8-14-28-58)82-54-68(90(4,5)6)55-83-86(82)91(76)77-48-46-69(92-78-39-21-19-33-74(78)75-34-20-22-40-79(75)92)56-81(77)94(83)88-72(59-29-15-9-16-30-59)37-24-38-73(88)60-31-17-10-18-32-60/h7-56H,1-6H3. The van der Waals surface area contributed by atoms with Crippen molar-refractivity contribution in [2.75, 3.05) is 9.80 Å². The first-order valence-corrected chi connectivity index (χ1v) is 33.2. The Morgan fingerprint density at radius 3 is 1.07 bits per heavy atom. The number of hydrogen-bond donors (Lipinski definition) is 0. The Morgan fingerprint density at radius 2 is 0.649 bits per heavy atom. The zero-order valence-electron chi connectivity index (χ0n) is 53.8. The van der Waals surface area contributed by atoms with E-state index in [1.54, 1.807) is 0 Å². The smallest absolute Gasteiger partial charge is 0.252 e. The first-order valence-electron chi connectivity index (χ1n) is 33.2. The van der Waals surface area contributed by atoms with Gasteiger partial charge >= 0.3 is 0 Å². The van der Waals surface area contributed by atoms with Crippen molar-refractivity contribution in [3.05, 3.63) is 314 Å². The molecule has 0 N–H and O–H groups in total. The van der Waals surface area contributed by atoms with Crippen LogP contribution in [0.2, 0.25) is 0 Å². The predicted octanol–water partition coefficient (Wildman–Crippen LogP) is 22.7. The Kier molecular flexibility index (Phi) is 12.5. The van der Waals surface area contributed by atoms with Crippen molar-refractivity contribution in [2.24, 2.45) is 0 Å². The van der Waals surface area contributed by atoms with Crippen LogP contribution < -0.4 is 26.2 Å². The Bertz CT molecular complexity index is 5460. The monoisotopic (exact) mass is 1200 g/mol. The lowest BCUT2D eigenvalue weighted by molar-refractivity contribution is 0.590. The van der Waals surface area contributed by atoms with E-state index in [2.05, 4.69) is 359 Å². The van der Waals surface area contributed by atoms with Crippen LogP contribution in [0.5, 0.6) is 0 Å². The summed E-state index contributed by atoms with van der Waals surface area (Å²) in [6.45, 7) is 13.9. The molecule has 0 fully saturated rings. The molecule has 0 aliphatic carbocycles. The maximum Gasteiger partial charge on any atom is 0.252 e. The van der Waals surface area contributed by atoms with E-state index in [1.165, 1.54) is 104 Å². The van der Waals surface area contributed by atoms with E-state index in [0.717, 1.165) is 72.9 Å². The quantitative estimate of drug-likeness (QED) is 0.111. The molecule has 446 valence electrons. The van der Waals surface area contributed by atoms with E-state index in [4.69, 9.17) is 0 Å². The normalized spacial score (nSPS) is 12.9. The van der Waals surface area contributed by atoms with Gasteiger partial charge in [-0.05, 0) is 159 Å². The molecule has 0 saturated heterocycles. The summed E-state index contributed by atoms with van der Waals surface area (Å²) in [7, 11) is 0. The van der Waals surface area contributed by atoms with Gasteiger partial charge in [0.25, 0.3) is 6.71 Å². The molecule has 0 amide bonds. The largest absolute Gasteiger partial charge is 0.310 e. The molecule has 0 atom stereocenters. The summed E-state index contributed by atoms with van der Waals surface area (Å²) in [4.78, 5) is 5.39. The van der Waals surface area contributed by atoms with Crippen LogP contribution in [0.15, 0.2) is 303 Å². The first-order chi connectivity index (χ1) is 45.9. The molecular formula is C90H68BN3. The van der Waals surface area contributed by atoms with Gasteiger partial charge in [-0.25, -0.2) is 0 Å². The van der Waals surface area contributed by atoms with Crippen molar-refractivity contribution in [2.45, 2.75) is 52.4 Å². The number of hydrogen-bond acceptors (Lipinski definition) is 2. The lowest BCUT2D eigenvalue weighted by Gasteiger charge is -2.46. The van der Waals surface area contributed by atoms with E-state index in [-0.39, 0.29) is 17.5 Å². The fourth-order valence-corrected chi connectivity index (χ4v) is 15.8. The Morgan fingerprint density at radius 1 is 0.277 bits per heavy atom. The lowest BCUT2D eigenvalue weighted by Crippen LogP contribution is -2.61. The summed E-state index contributed by atoms with van der Waals surface area (Å²) in [6.07, 6.45) is 0. The molecule has 0 saturated carbocycles. The van der Waals surface area contributed by atoms with E-state index in [0.29, 0.717) is 0 Å². The summed E-state index contributed by atoms with van der Waals surface area (Å²) < 4.78 is 2.49. The van der Waals surface area contributed by atoms with Gasteiger partial charge in [0.15, 0.2) is 0 Å². The van der Waals surface area contributed by atoms with Gasteiger partial charge in [-0.2, -0.15) is 0 Å². The molecule has 4 heteroatoms. The van der Waals surface area contributed by atoms with Gasteiger partial charge in [-0.3, -0.25) is 0 Å². The van der Waals surface area contributed by atoms with Crippen LogP contribution in [-0.2, 0) is 10.8 Å². The Hall–Kier alpha value is -11.2. The third kappa shape index (κ3) is 8.73. The highest BCUT2D eigenvalue weighted by Crippen LogP contribution is 2.55. The molecule has 0 spiro atoms. The minimum atomic E-state index is -0.285. The van der Waals surface area contributed by atoms with Gasteiger partial charge in [0.05, 0.1) is 22.4 Å². The average Bonchev–Trinajstić information content (AvgIpc) is 0.747. The number of fused-ring (bicyclic) bond motifs is 7. The van der Waals surface area contributed by atoms with Crippen LogP contribution in [0.25, 0.3) is 115 Å². The van der Waals surface area contributed by atoms with Gasteiger partial charge in [0.2, 0.25) is 0 Å². The number of para-hydroxylation sites is 4. The highest BCUT2D eigenvalue weighted by molar-refractivity contribution is 7.00. The number of benzene rings is 15. The van der Waals surface area contributed by atoms with Gasteiger partial charge in [0.1, 0.15) is 0 Å². The van der Waals surface area contributed by atoms with Crippen molar-refractivity contribution in [1.82, 2.24) is 4.57 Å². The van der Waals surface area contributed by atoms with Crippen LogP contribution in [-0.4, -0.2) is 11.3 Å². The van der Waals surface area contributed by atoms with Crippen LogP contribution in [0.1, 0.15) is 52.7 Å². The van der Waals surface area contributed by atoms with Crippen molar-refractivity contribution in [3.63, 3.8) is 0 Å². The van der Waals surface area contributed by atoms with Gasteiger partial charge in [-0.1, -0.05) is 290 Å². The number of anilines is 6. The zero-order chi connectivity index (χ0) is 63.1. The Labute approximate surface area is 550 Å². The molecule has 2 aliphatic rings. The second kappa shape index (κ2) is 21.2. The zero-order valence-corrected chi connectivity index (χ0v) is 53.8. The molecule has 3 nitrogen and oxygen atoms in total. The van der Waals surface area contributed by atoms with Gasteiger partial charge in [0, 0.05) is 61.5 Å². The molecule has 0 radical (unpaired) electrons.